The number of likely N-dealkylation sites (tertiary alicyclic amines) is 2. The Labute approximate surface area is 226 Å². The molecule has 2 aliphatic rings. The Morgan fingerprint density at radius 1 is 1.05 bits per heavy atom. The number of carbonyl (C=O) groups is 2. The molecule has 0 bridgehead atoms. The van der Waals surface area contributed by atoms with Crippen molar-refractivity contribution < 1.29 is 19.4 Å². The molecule has 2 N–H and O–H groups in total. The minimum absolute atomic E-state index is 0.0362. The van der Waals surface area contributed by atoms with Gasteiger partial charge in [0.05, 0.1) is 17.6 Å². The third-order valence-electron chi connectivity index (χ3n) is 7.69. The van der Waals surface area contributed by atoms with E-state index in [1.54, 1.807) is 23.4 Å². The molecular formula is C30H31N5O4. The van der Waals surface area contributed by atoms with Crippen LogP contribution in [-0.4, -0.2) is 68.4 Å². The molecule has 9 nitrogen and oxygen atoms in total. The summed E-state index contributed by atoms with van der Waals surface area (Å²) in [5, 5.41) is 9.93. The van der Waals surface area contributed by atoms with Crippen LogP contribution in [0.1, 0.15) is 53.3 Å². The van der Waals surface area contributed by atoms with E-state index in [-0.39, 0.29) is 18.4 Å². The van der Waals surface area contributed by atoms with Crippen LogP contribution < -0.4 is 4.74 Å². The molecule has 1 aromatic carbocycles. The molecule has 2 saturated heterocycles. The first kappa shape index (κ1) is 25.1. The highest BCUT2D eigenvalue weighted by molar-refractivity contribution is 5.92. The number of aliphatic carboxylic acids is 1. The third-order valence-corrected chi connectivity index (χ3v) is 7.69. The van der Waals surface area contributed by atoms with Gasteiger partial charge < -0.3 is 19.7 Å². The second-order valence-electron chi connectivity index (χ2n) is 10.4. The normalized spacial score (nSPS) is 17.4. The summed E-state index contributed by atoms with van der Waals surface area (Å²) in [6, 6.07) is 13.9. The molecule has 0 radical (unpaired) electrons. The van der Waals surface area contributed by atoms with E-state index in [1.165, 1.54) is 0 Å². The van der Waals surface area contributed by atoms with E-state index in [0.29, 0.717) is 17.9 Å². The molecule has 1 unspecified atom stereocenters. The van der Waals surface area contributed by atoms with Crippen LogP contribution >= 0.6 is 0 Å². The fraction of sp³-hybridized carbons (Fsp3) is 0.333. The van der Waals surface area contributed by atoms with Crippen molar-refractivity contribution in [3.05, 3.63) is 71.7 Å². The molecule has 1 atom stereocenters. The SMILES string of the molecule is CN1CCCC1c1cc2[nH]c(-c3ccc(CCC(=O)O)cn3)cc2cc1Oc1ccc(C(=O)N2CCC2)nc1. The van der Waals surface area contributed by atoms with E-state index in [2.05, 4.69) is 45.1 Å². The van der Waals surface area contributed by atoms with Crippen molar-refractivity contribution in [3.8, 4) is 22.9 Å². The molecule has 0 aliphatic carbocycles. The first-order chi connectivity index (χ1) is 18.9. The zero-order valence-corrected chi connectivity index (χ0v) is 21.9. The summed E-state index contributed by atoms with van der Waals surface area (Å²) in [6.45, 7) is 2.62. The van der Waals surface area contributed by atoms with E-state index in [9.17, 15) is 9.59 Å². The molecule has 39 heavy (non-hydrogen) atoms. The van der Waals surface area contributed by atoms with E-state index in [0.717, 1.165) is 78.1 Å². The third kappa shape index (κ3) is 5.22. The van der Waals surface area contributed by atoms with Crippen LogP contribution in [0.15, 0.2) is 54.9 Å². The highest BCUT2D eigenvalue weighted by Gasteiger charge is 2.27. The molecule has 0 spiro atoms. The van der Waals surface area contributed by atoms with E-state index < -0.39 is 5.97 Å². The maximum absolute atomic E-state index is 12.5. The number of carboxylic acid groups (broad SMARTS) is 1. The maximum atomic E-state index is 12.5. The lowest BCUT2D eigenvalue weighted by Gasteiger charge is -2.30. The number of aromatic nitrogens is 3. The molecule has 3 aromatic heterocycles. The van der Waals surface area contributed by atoms with Gasteiger partial charge in [-0.3, -0.25) is 19.5 Å². The van der Waals surface area contributed by atoms with Gasteiger partial charge in [0.1, 0.15) is 17.2 Å². The topological polar surface area (TPSA) is 112 Å². The number of carbonyl (C=O) groups excluding carboxylic acids is 1. The number of aromatic amines is 1. The predicted octanol–water partition coefficient (Wildman–Crippen LogP) is 5.05. The lowest BCUT2D eigenvalue weighted by Crippen LogP contribution is -2.42. The minimum Gasteiger partial charge on any atom is -0.481 e. The number of nitrogens with one attached hydrogen (secondary N) is 1. The second-order valence-corrected chi connectivity index (χ2v) is 10.4. The fourth-order valence-electron chi connectivity index (χ4n) is 5.33. The van der Waals surface area contributed by atoms with Crippen molar-refractivity contribution in [1.82, 2.24) is 24.8 Å². The molecular weight excluding hydrogens is 494 g/mol. The summed E-state index contributed by atoms with van der Waals surface area (Å²) in [7, 11) is 2.14. The van der Waals surface area contributed by atoms with Crippen LogP contribution in [0.3, 0.4) is 0 Å². The van der Waals surface area contributed by atoms with E-state index >= 15 is 0 Å². The molecule has 9 heteroatoms. The predicted molar refractivity (Wildman–Crippen MR) is 147 cm³/mol. The van der Waals surface area contributed by atoms with Gasteiger partial charge in [0.2, 0.25) is 0 Å². The summed E-state index contributed by atoms with van der Waals surface area (Å²) >= 11 is 0. The van der Waals surface area contributed by atoms with Crippen LogP contribution in [0.5, 0.6) is 11.5 Å². The number of fused-ring (bicyclic) bond motifs is 1. The van der Waals surface area contributed by atoms with Crippen LogP contribution in [0.4, 0.5) is 0 Å². The van der Waals surface area contributed by atoms with Gasteiger partial charge in [-0.1, -0.05) is 6.07 Å². The Morgan fingerprint density at radius 3 is 2.56 bits per heavy atom. The molecule has 4 aromatic rings. The number of amides is 1. The number of ether oxygens (including phenoxy) is 1. The largest absolute Gasteiger partial charge is 0.481 e. The van der Waals surface area contributed by atoms with Gasteiger partial charge in [-0.2, -0.15) is 0 Å². The maximum Gasteiger partial charge on any atom is 0.303 e. The number of benzene rings is 1. The number of nitrogens with zero attached hydrogens (tertiary/aromatic N) is 4. The summed E-state index contributed by atoms with van der Waals surface area (Å²) in [5.74, 6) is 0.507. The van der Waals surface area contributed by atoms with Gasteiger partial charge in [0, 0.05) is 48.2 Å². The number of rotatable bonds is 8. The van der Waals surface area contributed by atoms with Crippen LogP contribution in [0, 0.1) is 0 Å². The van der Waals surface area contributed by atoms with Crippen molar-refractivity contribution >= 4 is 22.8 Å². The van der Waals surface area contributed by atoms with Gasteiger partial charge in [0.25, 0.3) is 5.91 Å². The average molecular weight is 526 g/mol. The number of pyridine rings is 2. The number of aryl methyl sites for hydroxylation is 1. The van der Waals surface area contributed by atoms with Gasteiger partial charge >= 0.3 is 5.97 Å². The summed E-state index contributed by atoms with van der Waals surface area (Å²) in [6.07, 6.45) is 7.12. The number of carboxylic acids is 1. The fourth-order valence-corrected chi connectivity index (χ4v) is 5.33. The van der Waals surface area contributed by atoms with Gasteiger partial charge in [-0.15, -0.1) is 0 Å². The van der Waals surface area contributed by atoms with Crippen molar-refractivity contribution in [2.75, 3.05) is 26.7 Å². The molecule has 2 aliphatic heterocycles. The number of hydrogen-bond donors (Lipinski definition) is 2. The first-order valence-corrected chi connectivity index (χ1v) is 13.4. The Hall–Kier alpha value is -4.24. The standard InChI is InChI=1S/C30H31N5O4/c1-34-11-2-4-27(34)22-16-25-20(14-26(33-25)23-8-5-19(17-31-23)6-10-29(36)37)15-28(22)39-21-7-9-24(32-18-21)30(38)35-12-3-13-35/h5,7-9,14-18,27,33H,2-4,6,10-13H2,1H3,(H,36,37). The Morgan fingerprint density at radius 2 is 1.92 bits per heavy atom. The van der Waals surface area contributed by atoms with Crippen molar-refractivity contribution in [2.24, 2.45) is 0 Å². The van der Waals surface area contributed by atoms with E-state index in [4.69, 9.17) is 9.84 Å². The average Bonchev–Trinajstić information content (AvgIpc) is 3.52. The Bertz CT molecular complexity index is 1510. The first-order valence-electron chi connectivity index (χ1n) is 13.4. The van der Waals surface area contributed by atoms with Crippen LogP contribution in [-0.2, 0) is 11.2 Å². The van der Waals surface area contributed by atoms with Gasteiger partial charge in [-0.05, 0) is 81.2 Å². The summed E-state index contributed by atoms with van der Waals surface area (Å²) in [4.78, 5) is 40.0. The molecule has 1 amide bonds. The van der Waals surface area contributed by atoms with Crippen molar-refractivity contribution in [3.63, 3.8) is 0 Å². The smallest absolute Gasteiger partial charge is 0.303 e. The molecule has 0 saturated carbocycles. The lowest BCUT2D eigenvalue weighted by molar-refractivity contribution is -0.136. The summed E-state index contributed by atoms with van der Waals surface area (Å²) in [5.41, 5.74) is 5.11. The van der Waals surface area contributed by atoms with Gasteiger partial charge in [-0.25, -0.2) is 4.98 Å². The zero-order chi connectivity index (χ0) is 26.9. The van der Waals surface area contributed by atoms with Crippen molar-refractivity contribution in [2.45, 2.75) is 38.1 Å². The quantitative estimate of drug-likeness (QED) is 0.331. The monoisotopic (exact) mass is 525 g/mol. The number of H-pyrrole nitrogens is 1. The lowest BCUT2D eigenvalue weighted by atomic mass is 10.0. The van der Waals surface area contributed by atoms with E-state index in [1.807, 2.05) is 18.2 Å². The van der Waals surface area contributed by atoms with Crippen molar-refractivity contribution in [1.29, 1.82) is 0 Å². The Balaban J connectivity index is 1.29. The minimum atomic E-state index is -0.816. The van der Waals surface area contributed by atoms with Crippen LogP contribution in [0.25, 0.3) is 22.3 Å². The van der Waals surface area contributed by atoms with Crippen LogP contribution in [0.2, 0.25) is 0 Å². The second kappa shape index (κ2) is 10.5. The zero-order valence-electron chi connectivity index (χ0n) is 21.9. The van der Waals surface area contributed by atoms with Gasteiger partial charge in [0.15, 0.2) is 0 Å². The highest BCUT2D eigenvalue weighted by Crippen LogP contribution is 2.40. The molecule has 6 rings (SSSR count). The highest BCUT2D eigenvalue weighted by atomic mass is 16.5. The molecule has 200 valence electrons. The molecule has 5 heterocycles. The number of hydrogen-bond acceptors (Lipinski definition) is 6. The molecule has 2 fully saturated rings. The Kier molecular flexibility index (Phi) is 6.74. The summed E-state index contributed by atoms with van der Waals surface area (Å²) < 4.78 is 6.40.